The van der Waals surface area contributed by atoms with Crippen LogP contribution in [0.25, 0.3) is 0 Å². The fourth-order valence-electron chi connectivity index (χ4n) is 2.98. The summed E-state index contributed by atoms with van der Waals surface area (Å²) in [6, 6.07) is 0. The van der Waals surface area contributed by atoms with Crippen LogP contribution in [0.1, 0.15) is 26.2 Å². The van der Waals surface area contributed by atoms with Crippen LogP contribution in [0.4, 0.5) is 0 Å². The lowest BCUT2D eigenvalue weighted by Crippen LogP contribution is -2.38. The number of nitrogens with zero attached hydrogens (tertiary/aromatic N) is 2. The van der Waals surface area contributed by atoms with Gasteiger partial charge in [-0.05, 0) is 51.2 Å². The molecule has 0 amide bonds. The van der Waals surface area contributed by atoms with Crippen LogP contribution in [0.2, 0.25) is 0 Å². The lowest BCUT2D eigenvalue weighted by molar-refractivity contribution is 0.164. The highest BCUT2D eigenvalue weighted by Crippen LogP contribution is 2.21. The van der Waals surface area contributed by atoms with Gasteiger partial charge in [-0.25, -0.2) is 0 Å². The van der Waals surface area contributed by atoms with Crippen LogP contribution >= 0.6 is 0 Å². The second-order valence-electron chi connectivity index (χ2n) is 5.42. The maximum absolute atomic E-state index is 2.68. The third kappa shape index (κ3) is 2.71. The zero-order valence-corrected chi connectivity index (χ0v) is 9.71. The molecule has 2 saturated heterocycles. The van der Waals surface area contributed by atoms with Gasteiger partial charge in [0.1, 0.15) is 0 Å². The number of rotatable bonds is 2. The predicted molar refractivity (Wildman–Crippen MR) is 60.4 cm³/mol. The van der Waals surface area contributed by atoms with Crippen LogP contribution in [0.5, 0.6) is 0 Å². The molecule has 0 aromatic carbocycles. The molecule has 0 aromatic heterocycles. The van der Waals surface area contributed by atoms with Crippen LogP contribution in [0.3, 0.4) is 0 Å². The standard InChI is InChI=1S/C12H24N2/c1-11-5-7-14(8-11)10-12-4-3-6-13(2)9-12/h11-12H,3-10H2,1-2H3. The summed E-state index contributed by atoms with van der Waals surface area (Å²) < 4.78 is 0. The third-order valence-corrected chi connectivity index (χ3v) is 3.75. The molecule has 0 N–H and O–H groups in total. The van der Waals surface area contributed by atoms with Crippen molar-refractivity contribution >= 4 is 0 Å². The molecule has 2 rings (SSSR count). The number of piperidine rings is 1. The Balaban J connectivity index is 1.74. The Morgan fingerprint density at radius 1 is 1.14 bits per heavy atom. The Kier molecular flexibility index (Phi) is 3.45. The molecule has 0 aromatic rings. The van der Waals surface area contributed by atoms with E-state index < -0.39 is 0 Å². The third-order valence-electron chi connectivity index (χ3n) is 3.75. The zero-order valence-electron chi connectivity index (χ0n) is 9.71. The highest BCUT2D eigenvalue weighted by molar-refractivity contribution is 4.78. The molecule has 0 radical (unpaired) electrons. The number of hydrogen-bond donors (Lipinski definition) is 0. The fraction of sp³-hybridized carbons (Fsp3) is 1.00. The molecule has 2 fully saturated rings. The second kappa shape index (κ2) is 4.63. The largest absolute Gasteiger partial charge is 0.306 e. The molecule has 2 unspecified atom stereocenters. The van der Waals surface area contributed by atoms with Crippen molar-refractivity contribution in [1.29, 1.82) is 0 Å². The van der Waals surface area contributed by atoms with Gasteiger partial charge in [-0.15, -0.1) is 0 Å². The Morgan fingerprint density at radius 2 is 2.00 bits per heavy atom. The van der Waals surface area contributed by atoms with E-state index in [9.17, 15) is 0 Å². The van der Waals surface area contributed by atoms with Crippen molar-refractivity contribution in [2.24, 2.45) is 11.8 Å². The molecule has 0 saturated carbocycles. The highest BCUT2D eigenvalue weighted by Gasteiger charge is 2.24. The van der Waals surface area contributed by atoms with E-state index in [1.807, 2.05) is 0 Å². The van der Waals surface area contributed by atoms with Crippen LogP contribution < -0.4 is 0 Å². The van der Waals surface area contributed by atoms with Gasteiger partial charge in [0.15, 0.2) is 0 Å². The minimum Gasteiger partial charge on any atom is -0.306 e. The van der Waals surface area contributed by atoms with E-state index in [1.165, 1.54) is 52.0 Å². The van der Waals surface area contributed by atoms with Gasteiger partial charge < -0.3 is 9.80 Å². The van der Waals surface area contributed by atoms with E-state index >= 15 is 0 Å². The Morgan fingerprint density at radius 3 is 2.64 bits per heavy atom. The highest BCUT2D eigenvalue weighted by atomic mass is 15.2. The summed E-state index contributed by atoms with van der Waals surface area (Å²) in [7, 11) is 2.26. The van der Waals surface area contributed by atoms with Crippen molar-refractivity contribution in [3.63, 3.8) is 0 Å². The molecule has 0 spiro atoms. The van der Waals surface area contributed by atoms with Gasteiger partial charge in [-0.3, -0.25) is 0 Å². The van der Waals surface area contributed by atoms with Gasteiger partial charge in [0.2, 0.25) is 0 Å². The lowest BCUT2D eigenvalue weighted by atomic mass is 9.98. The van der Waals surface area contributed by atoms with Gasteiger partial charge in [-0.1, -0.05) is 6.92 Å². The van der Waals surface area contributed by atoms with Crippen molar-refractivity contribution in [1.82, 2.24) is 9.80 Å². The van der Waals surface area contributed by atoms with Gasteiger partial charge in [0.25, 0.3) is 0 Å². The van der Waals surface area contributed by atoms with Gasteiger partial charge in [0.05, 0.1) is 0 Å². The van der Waals surface area contributed by atoms with E-state index in [1.54, 1.807) is 0 Å². The molecule has 2 heterocycles. The number of likely N-dealkylation sites (tertiary alicyclic amines) is 2. The fourth-order valence-corrected chi connectivity index (χ4v) is 2.98. The maximum atomic E-state index is 2.68. The van der Waals surface area contributed by atoms with Crippen LogP contribution in [-0.4, -0.2) is 49.6 Å². The van der Waals surface area contributed by atoms with Crippen molar-refractivity contribution in [2.75, 3.05) is 39.8 Å². The van der Waals surface area contributed by atoms with Crippen LogP contribution in [-0.2, 0) is 0 Å². The Labute approximate surface area is 88.3 Å². The smallest absolute Gasteiger partial charge is 0.00220 e. The quantitative estimate of drug-likeness (QED) is 0.663. The van der Waals surface area contributed by atoms with E-state index in [-0.39, 0.29) is 0 Å². The number of hydrogen-bond acceptors (Lipinski definition) is 2. The van der Waals surface area contributed by atoms with E-state index in [4.69, 9.17) is 0 Å². The molecule has 0 aliphatic carbocycles. The molecular weight excluding hydrogens is 172 g/mol. The first-order chi connectivity index (χ1) is 6.74. The summed E-state index contributed by atoms with van der Waals surface area (Å²) in [5.41, 5.74) is 0. The predicted octanol–water partition coefficient (Wildman–Crippen LogP) is 1.67. The molecule has 0 bridgehead atoms. The molecule has 82 valence electrons. The topological polar surface area (TPSA) is 6.48 Å². The van der Waals surface area contributed by atoms with Crippen molar-refractivity contribution < 1.29 is 0 Å². The van der Waals surface area contributed by atoms with Crippen molar-refractivity contribution in [2.45, 2.75) is 26.2 Å². The van der Waals surface area contributed by atoms with Crippen LogP contribution in [0.15, 0.2) is 0 Å². The Hall–Kier alpha value is -0.0800. The molecule has 2 heteroatoms. The van der Waals surface area contributed by atoms with Gasteiger partial charge >= 0.3 is 0 Å². The average molecular weight is 196 g/mol. The Bertz CT molecular complexity index is 181. The van der Waals surface area contributed by atoms with Gasteiger partial charge in [-0.2, -0.15) is 0 Å². The molecule has 2 nitrogen and oxygen atoms in total. The normalized spacial score (nSPS) is 36.4. The maximum Gasteiger partial charge on any atom is 0.00220 e. The first-order valence-electron chi connectivity index (χ1n) is 6.15. The van der Waals surface area contributed by atoms with E-state index in [0.29, 0.717) is 0 Å². The van der Waals surface area contributed by atoms with Gasteiger partial charge in [0, 0.05) is 19.6 Å². The molecule has 14 heavy (non-hydrogen) atoms. The molecule has 2 aliphatic heterocycles. The summed E-state index contributed by atoms with van der Waals surface area (Å²) in [5, 5.41) is 0. The van der Waals surface area contributed by atoms with E-state index in [0.717, 1.165) is 11.8 Å². The minimum atomic E-state index is 0.941. The average Bonchev–Trinajstić information content (AvgIpc) is 2.51. The zero-order chi connectivity index (χ0) is 9.97. The summed E-state index contributed by atoms with van der Waals surface area (Å²) >= 11 is 0. The SMILES string of the molecule is CC1CCN(CC2CCCN(C)C2)C1. The first kappa shape index (κ1) is 10.4. The summed E-state index contributed by atoms with van der Waals surface area (Å²) in [6.45, 7) is 9.07. The lowest BCUT2D eigenvalue weighted by Gasteiger charge is -2.32. The minimum absolute atomic E-state index is 0.941. The van der Waals surface area contributed by atoms with Crippen molar-refractivity contribution in [3.8, 4) is 0 Å². The van der Waals surface area contributed by atoms with Crippen LogP contribution in [0, 0.1) is 11.8 Å². The summed E-state index contributed by atoms with van der Waals surface area (Å²) in [6.07, 6.45) is 4.28. The second-order valence-corrected chi connectivity index (χ2v) is 5.42. The molecule has 2 aliphatic rings. The summed E-state index contributed by atoms with van der Waals surface area (Å²) in [5.74, 6) is 1.88. The monoisotopic (exact) mass is 196 g/mol. The van der Waals surface area contributed by atoms with E-state index in [2.05, 4.69) is 23.8 Å². The molecular formula is C12H24N2. The first-order valence-corrected chi connectivity index (χ1v) is 6.15. The molecule has 2 atom stereocenters. The summed E-state index contributed by atoms with van der Waals surface area (Å²) in [4.78, 5) is 5.17. The van der Waals surface area contributed by atoms with Crippen molar-refractivity contribution in [3.05, 3.63) is 0 Å².